The van der Waals surface area contributed by atoms with Crippen LogP contribution in [0.1, 0.15) is 5.56 Å². The molecular formula is C20H22N2O4S. The zero-order valence-corrected chi connectivity index (χ0v) is 15.9. The number of piperazine rings is 1. The minimum atomic E-state index is -3.20. The predicted octanol–water partition coefficient (Wildman–Crippen LogP) is 1.71. The van der Waals surface area contributed by atoms with Gasteiger partial charge in [-0.3, -0.25) is 9.69 Å². The smallest absolute Gasteiger partial charge is 0.241 e. The van der Waals surface area contributed by atoms with Gasteiger partial charge in [-0.05, 0) is 17.7 Å². The number of sulfone groups is 1. The summed E-state index contributed by atoms with van der Waals surface area (Å²) in [5, 5.41) is 0. The Labute approximate surface area is 159 Å². The van der Waals surface area contributed by atoms with Gasteiger partial charge >= 0.3 is 0 Å². The van der Waals surface area contributed by atoms with Crippen LogP contribution in [0.4, 0.5) is 5.69 Å². The monoisotopic (exact) mass is 386 g/mol. The summed E-state index contributed by atoms with van der Waals surface area (Å²) in [6.07, 6.45) is 0. The van der Waals surface area contributed by atoms with E-state index in [9.17, 15) is 13.2 Å². The number of carbonyl (C=O) groups is 1. The molecule has 2 saturated heterocycles. The second-order valence-corrected chi connectivity index (χ2v) is 9.22. The van der Waals surface area contributed by atoms with Crippen LogP contribution in [0.5, 0.6) is 5.75 Å². The van der Waals surface area contributed by atoms with Gasteiger partial charge in [0.1, 0.15) is 5.75 Å². The van der Waals surface area contributed by atoms with Crippen molar-refractivity contribution in [1.82, 2.24) is 4.90 Å². The maximum absolute atomic E-state index is 13.0. The number of carbonyl (C=O) groups excluding carboxylic acids is 1. The van der Waals surface area contributed by atoms with Crippen LogP contribution in [-0.4, -0.2) is 56.5 Å². The Hall–Kier alpha value is -2.38. The number of nitrogens with zero attached hydrogens (tertiary/aromatic N) is 2. The SMILES string of the molecule is COc1cccc(N2C(=O)CN(Cc3ccccc3)[C@H]3CS(=O)(=O)C[C@H]32)c1. The Bertz CT molecular complexity index is 945. The van der Waals surface area contributed by atoms with Crippen molar-refractivity contribution in [3.05, 3.63) is 60.2 Å². The standard InChI is InChI=1S/C20H22N2O4S/c1-26-17-9-5-8-16(10-17)22-19-14-27(24,25)13-18(19)21(12-20(22)23)11-15-6-3-2-4-7-15/h2-10,18-19H,11-14H2,1H3/t18-,19+/m0/s1. The Morgan fingerprint density at radius 2 is 1.78 bits per heavy atom. The van der Waals surface area contributed by atoms with Crippen molar-refractivity contribution in [2.24, 2.45) is 0 Å². The molecule has 0 aromatic heterocycles. The lowest BCUT2D eigenvalue weighted by Crippen LogP contribution is -2.61. The lowest BCUT2D eigenvalue weighted by molar-refractivity contribution is -0.123. The Morgan fingerprint density at radius 1 is 1.04 bits per heavy atom. The van der Waals surface area contributed by atoms with Crippen LogP contribution in [-0.2, 0) is 21.2 Å². The molecule has 2 aromatic rings. The molecule has 6 nitrogen and oxygen atoms in total. The molecule has 0 aliphatic carbocycles. The van der Waals surface area contributed by atoms with Crippen LogP contribution in [0.25, 0.3) is 0 Å². The van der Waals surface area contributed by atoms with E-state index in [1.807, 2.05) is 53.4 Å². The maximum atomic E-state index is 13.0. The van der Waals surface area contributed by atoms with Crippen molar-refractivity contribution < 1.29 is 17.9 Å². The first-order valence-corrected chi connectivity index (χ1v) is 10.7. The van der Waals surface area contributed by atoms with Crippen molar-refractivity contribution in [2.75, 3.05) is 30.1 Å². The van der Waals surface area contributed by atoms with Crippen LogP contribution in [0.2, 0.25) is 0 Å². The van der Waals surface area contributed by atoms with Crippen molar-refractivity contribution in [3.8, 4) is 5.75 Å². The zero-order valence-electron chi connectivity index (χ0n) is 15.1. The molecule has 2 aliphatic rings. The number of benzene rings is 2. The fourth-order valence-corrected chi connectivity index (χ4v) is 6.03. The Morgan fingerprint density at radius 3 is 2.52 bits per heavy atom. The summed E-state index contributed by atoms with van der Waals surface area (Å²) in [5.74, 6) is 0.631. The third kappa shape index (κ3) is 3.57. The minimum absolute atomic E-state index is 0.00803. The number of amides is 1. The maximum Gasteiger partial charge on any atom is 0.241 e. The largest absolute Gasteiger partial charge is 0.497 e. The summed E-state index contributed by atoms with van der Waals surface area (Å²) in [4.78, 5) is 16.7. The second-order valence-electron chi connectivity index (χ2n) is 7.07. The number of methoxy groups -OCH3 is 1. The van der Waals surface area contributed by atoms with Crippen molar-refractivity contribution in [3.63, 3.8) is 0 Å². The molecule has 1 amide bonds. The molecule has 2 heterocycles. The first kappa shape index (κ1) is 18.0. The van der Waals surface area contributed by atoms with E-state index in [2.05, 4.69) is 0 Å². The number of hydrogen-bond acceptors (Lipinski definition) is 5. The minimum Gasteiger partial charge on any atom is -0.497 e. The highest BCUT2D eigenvalue weighted by molar-refractivity contribution is 7.91. The molecule has 2 aromatic carbocycles. The molecule has 142 valence electrons. The van der Waals surface area contributed by atoms with Crippen molar-refractivity contribution >= 4 is 21.4 Å². The van der Waals surface area contributed by atoms with Crippen LogP contribution >= 0.6 is 0 Å². The average molecular weight is 386 g/mol. The van der Waals surface area contributed by atoms with Crippen LogP contribution < -0.4 is 9.64 Å². The van der Waals surface area contributed by atoms with Crippen molar-refractivity contribution in [2.45, 2.75) is 18.6 Å². The molecule has 2 aliphatic heterocycles. The van der Waals surface area contributed by atoms with E-state index in [0.29, 0.717) is 18.0 Å². The second kappa shape index (κ2) is 6.98. The molecule has 0 N–H and O–H groups in total. The Balaban J connectivity index is 1.67. The third-order valence-electron chi connectivity index (χ3n) is 5.26. The summed E-state index contributed by atoms with van der Waals surface area (Å²) in [6.45, 7) is 0.762. The first-order chi connectivity index (χ1) is 13.0. The van der Waals surface area contributed by atoms with E-state index in [1.165, 1.54) is 0 Å². The first-order valence-electron chi connectivity index (χ1n) is 8.91. The highest BCUT2D eigenvalue weighted by atomic mass is 32.2. The molecule has 2 atom stereocenters. The van der Waals surface area contributed by atoms with Crippen molar-refractivity contribution in [1.29, 1.82) is 0 Å². The lowest BCUT2D eigenvalue weighted by atomic mass is 10.0. The molecule has 0 saturated carbocycles. The number of anilines is 1. The zero-order chi connectivity index (χ0) is 19.0. The van der Waals surface area contributed by atoms with Gasteiger partial charge < -0.3 is 9.64 Å². The van der Waals surface area contributed by atoms with Gasteiger partial charge in [-0.1, -0.05) is 36.4 Å². The fraction of sp³-hybridized carbons (Fsp3) is 0.350. The van der Waals surface area contributed by atoms with Crippen LogP contribution in [0, 0.1) is 0 Å². The van der Waals surface area contributed by atoms with Gasteiger partial charge in [0.15, 0.2) is 9.84 Å². The van der Waals surface area contributed by atoms with Gasteiger partial charge in [0.2, 0.25) is 5.91 Å². The average Bonchev–Trinajstić information content (AvgIpc) is 2.98. The number of ether oxygens (including phenoxy) is 1. The van der Waals surface area contributed by atoms with E-state index in [0.717, 1.165) is 5.56 Å². The summed E-state index contributed by atoms with van der Waals surface area (Å²) in [7, 11) is -1.63. The molecule has 2 fully saturated rings. The van der Waals surface area contributed by atoms with E-state index in [-0.39, 0.29) is 36.0 Å². The van der Waals surface area contributed by atoms with Gasteiger partial charge in [0, 0.05) is 24.3 Å². The molecule has 7 heteroatoms. The molecule has 0 unspecified atom stereocenters. The molecule has 4 rings (SSSR count). The Kier molecular flexibility index (Phi) is 4.65. The molecule has 0 bridgehead atoms. The van der Waals surface area contributed by atoms with Crippen LogP contribution in [0.15, 0.2) is 54.6 Å². The van der Waals surface area contributed by atoms with E-state index >= 15 is 0 Å². The number of hydrogen-bond donors (Lipinski definition) is 0. The molecule has 27 heavy (non-hydrogen) atoms. The number of fused-ring (bicyclic) bond motifs is 1. The summed E-state index contributed by atoms with van der Waals surface area (Å²) in [5.41, 5.74) is 1.76. The summed E-state index contributed by atoms with van der Waals surface area (Å²) >= 11 is 0. The quantitative estimate of drug-likeness (QED) is 0.800. The highest BCUT2D eigenvalue weighted by Crippen LogP contribution is 2.33. The summed E-state index contributed by atoms with van der Waals surface area (Å²) < 4.78 is 30.1. The van der Waals surface area contributed by atoms with E-state index in [4.69, 9.17) is 4.74 Å². The predicted molar refractivity (Wildman–Crippen MR) is 104 cm³/mol. The van der Waals surface area contributed by atoms with E-state index in [1.54, 1.807) is 18.1 Å². The number of rotatable bonds is 4. The summed E-state index contributed by atoms with van der Waals surface area (Å²) in [6, 6.07) is 16.5. The van der Waals surface area contributed by atoms with Crippen LogP contribution in [0.3, 0.4) is 0 Å². The topological polar surface area (TPSA) is 66.9 Å². The van der Waals surface area contributed by atoms with Gasteiger partial charge in [0.05, 0.1) is 31.2 Å². The fourth-order valence-electron chi connectivity index (χ4n) is 4.04. The molecule has 0 radical (unpaired) electrons. The normalized spacial score (nSPS) is 24.6. The van der Waals surface area contributed by atoms with Gasteiger partial charge in [-0.2, -0.15) is 0 Å². The third-order valence-corrected chi connectivity index (χ3v) is 6.96. The van der Waals surface area contributed by atoms with E-state index < -0.39 is 9.84 Å². The van der Waals surface area contributed by atoms with Gasteiger partial charge in [-0.25, -0.2) is 8.42 Å². The van der Waals surface area contributed by atoms with Gasteiger partial charge in [-0.15, -0.1) is 0 Å². The highest BCUT2D eigenvalue weighted by Gasteiger charge is 2.49. The lowest BCUT2D eigenvalue weighted by Gasteiger charge is -2.43. The molecule has 0 spiro atoms. The van der Waals surface area contributed by atoms with Gasteiger partial charge in [0.25, 0.3) is 0 Å². The molecular weight excluding hydrogens is 364 g/mol.